The van der Waals surface area contributed by atoms with Crippen LogP contribution in [0.25, 0.3) is 0 Å². The topological polar surface area (TPSA) is 94.3 Å². The van der Waals surface area contributed by atoms with Crippen LogP contribution in [-0.2, 0) is 38.5 Å². The molecule has 0 saturated carbocycles. The van der Waals surface area contributed by atoms with Gasteiger partial charge in [-0.2, -0.15) is 0 Å². The maximum absolute atomic E-state index is 12.3. The Morgan fingerprint density at radius 1 is 0.714 bits per heavy atom. The van der Waals surface area contributed by atoms with Gasteiger partial charge in [-0.15, -0.1) is 0 Å². The zero-order chi connectivity index (χ0) is 21.0. The standard InChI is InChI=1S/C21H29NO4S2/c1-21(2,3)27(23,24)16-19-10-8-17(9-11-19)6-4-5-7-18-12-14-20(15-13-18)28(22,25)26/h8-15H,4-7,16H2,1-3H3,(H2,22,25,26). The Kier molecular flexibility index (Phi) is 7.07. The molecule has 0 aliphatic rings. The number of benzene rings is 2. The molecule has 0 heterocycles. The van der Waals surface area contributed by atoms with E-state index in [9.17, 15) is 16.8 Å². The second-order valence-electron chi connectivity index (χ2n) is 8.08. The van der Waals surface area contributed by atoms with Crippen molar-refractivity contribution in [2.24, 2.45) is 5.14 Å². The molecule has 2 aromatic carbocycles. The number of sulfonamides is 1. The summed E-state index contributed by atoms with van der Waals surface area (Å²) in [6, 6.07) is 14.4. The number of nitrogens with two attached hydrogens (primary N) is 1. The average molecular weight is 424 g/mol. The molecule has 0 aliphatic carbocycles. The SMILES string of the molecule is CC(C)(C)S(=O)(=O)Cc1ccc(CCCCc2ccc(S(N)(=O)=O)cc2)cc1. The van der Waals surface area contributed by atoms with E-state index in [1.165, 1.54) is 17.7 Å². The van der Waals surface area contributed by atoms with Crippen LogP contribution in [0.15, 0.2) is 53.4 Å². The van der Waals surface area contributed by atoms with Gasteiger partial charge in [0.05, 0.1) is 15.4 Å². The number of sulfone groups is 1. The highest BCUT2D eigenvalue weighted by Crippen LogP contribution is 2.21. The maximum Gasteiger partial charge on any atom is 0.238 e. The van der Waals surface area contributed by atoms with E-state index < -0.39 is 24.6 Å². The highest BCUT2D eigenvalue weighted by atomic mass is 32.2. The molecular weight excluding hydrogens is 394 g/mol. The normalized spacial score (nSPS) is 12.9. The van der Waals surface area contributed by atoms with Gasteiger partial charge in [-0.1, -0.05) is 36.4 Å². The van der Waals surface area contributed by atoms with E-state index in [0.29, 0.717) is 0 Å². The lowest BCUT2D eigenvalue weighted by atomic mass is 10.0. The molecule has 0 amide bonds. The van der Waals surface area contributed by atoms with Crippen molar-refractivity contribution in [3.8, 4) is 0 Å². The summed E-state index contributed by atoms with van der Waals surface area (Å²) < 4.78 is 46.3. The zero-order valence-corrected chi connectivity index (χ0v) is 18.3. The highest BCUT2D eigenvalue weighted by molar-refractivity contribution is 7.92. The summed E-state index contributed by atoms with van der Waals surface area (Å²) in [6.07, 6.45) is 3.76. The first kappa shape index (κ1) is 22.6. The van der Waals surface area contributed by atoms with Crippen LogP contribution in [0.2, 0.25) is 0 Å². The molecule has 0 fully saturated rings. The molecule has 0 radical (unpaired) electrons. The second-order valence-corrected chi connectivity index (χ2v) is 12.4. The Morgan fingerprint density at radius 2 is 1.11 bits per heavy atom. The van der Waals surface area contributed by atoms with Gasteiger partial charge < -0.3 is 0 Å². The number of hydrogen-bond acceptors (Lipinski definition) is 4. The van der Waals surface area contributed by atoms with Crippen LogP contribution in [0.4, 0.5) is 0 Å². The largest absolute Gasteiger partial charge is 0.238 e. The van der Waals surface area contributed by atoms with Gasteiger partial charge in [0.25, 0.3) is 0 Å². The Bertz CT molecular complexity index is 986. The fourth-order valence-corrected chi connectivity index (χ4v) is 4.32. The van der Waals surface area contributed by atoms with Crippen LogP contribution in [0.5, 0.6) is 0 Å². The summed E-state index contributed by atoms with van der Waals surface area (Å²) in [5.41, 5.74) is 3.07. The van der Waals surface area contributed by atoms with Crippen LogP contribution in [0.1, 0.15) is 50.3 Å². The van der Waals surface area contributed by atoms with Crippen molar-refractivity contribution in [2.45, 2.75) is 61.8 Å². The molecule has 2 N–H and O–H groups in total. The maximum atomic E-state index is 12.3. The molecule has 2 aromatic rings. The Morgan fingerprint density at radius 3 is 1.50 bits per heavy atom. The molecule has 7 heteroatoms. The molecule has 5 nitrogen and oxygen atoms in total. The Balaban J connectivity index is 1.82. The van der Waals surface area contributed by atoms with Crippen LogP contribution >= 0.6 is 0 Å². The van der Waals surface area contributed by atoms with Gasteiger partial charge >= 0.3 is 0 Å². The Labute approximate surface area is 168 Å². The van der Waals surface area contributed by atoms with Gasteiger partial charge in [-0.25, -0.2) is 22.0 Å². The van der Waals surface area contributed by atoms with E-state index in [2.05, 4.69) is 0 Å². The van der Waals surface area contributed by atoms with Crippen LogP contribution in [-0.4, -0.2) is 21.6 Å². The van der Waals surface area contributed by atoms with Gasteiger partial charge in [0.1, 0.15) is 0 Å². The summed E-state index contributed by atoms with van der Waals surface area (Å²) in [7, 11) is -6.81. The van der Waals surface area contributed by atoms with Gasteiger partial charge in [-0.3, -0.25) is 0 Å². The lowest BCUT2D eigenvalue weighted by Crippen LogP contribution is -2.29. The number of primary sulfonamides is 1. The molecule has 0 spiro atoms. The van der Waals surface area contributed by atoms with Crippen molar-refractivity contribution in [1.29, 1.82) is 0 Å². The van der Waals surface area contributed by atoms with Gasteiger partial charge in [0, 0.05) is 0 Å². The highest BCUT2D eigenvalue weighted by Gasteiger charge is 2.28. The molecule has 28 heavy (non-hydrogen) atoms. The van der Waals surface area contributed by atoms with Crippen molar-refractivity contribution in [3.05, 3.63) is 65.2 Å². The molecule has 154 valence electrons. The minimum atomic E-state index is -3.64. The predicted molar refractivity (Wildman–Crippen MR) is 113 cm³/mol. The molecule has 0 unspecified atom stereocenters. The molecular formula is C21H29NO4S2. The van der Waals surface area contributed by atoms with Crippen molar-refractivity contribution in [3.63, 3.8) is 0 Å². The monoisotopic (exact) mass is 423 g/mol. The Hall–Kier alpha value is -1.70. The van der Waals surface area contributed by atoms with Crippen molar-refractivity contribution >= 4 is 19.9 Å². The lowest BCUT2D eigenvalue weighted by Gasteiger charge is -2.19. The molecule has 0 bridgehead atoms. The minimum Gasteiger partial charge on any atom is -0.228 e. The summed E-state index contributed by atoms with van der Waals surface area (Å²) >= 11 is 0. The van der Waals surface area contributed by atoms with E-state index >= 15 is 0 Å². The second kappa shape index (κ2) is 8.76. The average Bonchev–Trinajstić information content (AvgIpc) is 2.58. The zero-order valence-electron chi connectivity index (χ0n) is 16.7. The molecule has 2 rings (SSSR count). The molecule has 0 aromatic heterocycles. The summed E-state index contributed by atoms with van der Waals surface area (Å²) in [5, 5.41) is 5.10. The number of hydrogen-bond donors (Lipinski definition) is 1. The number of rotatable bonds is 8. The fraction of sp³-hybridized carbons (Fsp3) is 0.429. The van der Waals surface area contributed by atoms with Crippen LogP contribution < -0.4 is 5.14 Å². The van der Waals surface area contributed by atoms with Gasteiger partial charge in [-0.05, 0) is 75.3 Å². The first-order valence-electron chi connectivity index (χ1n) is 9.30. The quantitative estimate of drug-likeness (QED) is 0.656. The van der Waals surface area contributed by atoms with E-state index in [0.717, 1.165) is 36.8 Å². The van der Waals surface area contributed by atoms with Crippen molar-refractivity contribution < 1.29 is 16.8 Å². The lowest BCUT2D eigenvalue weighted by molar-refractivity contribution is 0.559. The van der Waals surface area contributed by atoms with Crippen molar-refractivity contribution in [1.82, 2.24) is 0 Å². The number of unbranched alkanes of at least 4 members (excludes halogenated alkanes) is 1. The third-order valence-corrected chi connectivity index (χ3v) is 8.25. The first-order valence-corrected chi connectivity index (χ1v) is 12.5. The molecule has 0 atom stereocenters. The first-order chi connectivity index (χ1) is 12.9. The third-order valence-electron chi connectivity index (χ3n) is 4.75. The van der Waals surface area contributed by atoms with Crippen LogP contribution in [0, 0.1) is 0 Å². The fourth-order valence-electron chi connectivity index (χ4n) is 2.74. The number of aryl methyl sites for hydroxylation is 2. The van der Waals surface area contributed by atoms with E-state index in [1.54, 1.807) is 32.9 Å². The predicted octanol–water partition coefficient (Wildman–Crippen LogP) is 3.61. The van der Waals surface area contributed by atoms with E-state index in [-0.39, 0.29) is 10.6 Å². The summed E-state index contributed by atoms with van der Waals surface area (Å²) in [5.74, 6) is 0.0608. The molecule has 0 aliphatic heterocycles. The van der Waals surface area contributed by atoms with Crippen molar-refractivity contribution in [2.75, 3.05) is 0 Å². The van der Waals surface area contributed by atoms with Gasteiger partial charge in [0.15, 0.2) is 9.84 Å². The minimum absolute atomic E-state index is 0.0608. The van der Waals surface area contributed by atoms with Gasteiger partial charge in [0.2, 0.25) is 10.0 Å². The summed E-state index contributed by atoms with van der Waals surface area (Å²) in [6.45, 7) is 5.16. The molecule has 0 saturated heterocycles. The third kappa shape index (κ3) is 6.43. The van der Waals surface area contributed by atoms with E-state index in [4.69, 9.17) is 5.14 Å². The van der Waals surface area contributed by atoms with Crippen LogP contribution in [0.3, 0.4) is 0 Å². The smallest absolute Gasteiger partial charge is 0.228 e. The summed E-state index contributed by atoms with van der Waals surface area (Å²) in [4.78, 5) is 0.129. The van der Waals surface area contributed by atoms with E-state index in [1.807, 2.05) is 24.3 Å².